The maximum Gasteiger partial charge on any atom is 0.272 e. The molecule has 0 saturated heterocycles. The number of halogens is 1. The Labute approximate surface area is 161 Å². The molecule has 1 aliphatic rings. The molecule has 0 fully saturated rings. The molecule has 3 aromatic rings. The number of carbonyl (C=O) groups excluding carboxylic acids is 1. The highest BCUT2D eigenvalue weighted by Crippen LogP contribution is 2.28. The Kier molecular flexibility index (Phi) is 5.08. The van der Waals surface area contributed by atoms with E-state index in [4.69, 9.17) is 9.47 Å². The number of nitrogens with one attached hydrogen (secondary N) is 1. The molecule has 1 N–H and O–H groups in total. The van der Waals surface area contributed by atoms with Crippen molar-refractivity contribution < 1.29 is 18.7 Å². The van der Waals surface area contributed by atoms with Gasteiger partial charge in [-0.2, -0.15) is 0 Å². The highest BCUT2D eigenvalue weighted by atomic mass is 19.1. The zero-order valence-electron chi connectivity index (χ0n) is 15.4. The Balaban J connectivity index is 1.42. The lowest BCUT2D eigenvalue weighted by atomic mass is 10.1. The van der Waals surface area contributed by atoms with E-state index in [2.05, 4.69) is 10.3 Å². The zero-order valence-corrected chi connectivity index (χ0v) is 15.4. The van der Waals surface area contributed by atoms with E-state index in [-0.39, 0.29) is 17.8 Å². The van der Waals surface area contributed by atoms with E-state index >= 15 is 0 Å². The quantitative estimate of drug-likeness (QED) is 0.737. The van der Waals surface area contributed by atoms with E-state index < -0.39 is 0 Å². The fraction of sp³-hybridized carbons (Fsp3) is 0.238. The molecule has 0 bridgehead atoms. The molecular weight excluding hydrogens is 361 g/mol. The normalized spacial score (nSPS) is 15.7. The van der Waals surface area contributed by atoms with E-state index in [0.717, 1.165) is 22.6 Å². The second-order valence-electron chi connectivity index (χ2n) is 6.57. The summed E-state index contributed by atoms with van der Waals surface area (Å²) in [6.07, 6.45) is 1.56. The Morgan fingerprint density at radius 2 is 2.00 bits per heavy atom. The number of carbonyl (C=O) groups is 1. The van der Waals surface area contributed by atoms with Gasteiger partial charge in [-0.15, -0.1) is 0 Å². The lowest BCUT2D eigenvalue weighted by Crippen LogP contribution is -2.27. The number of hydrogen-bond donors (Lipinski definition) is 1. The largest absolute Gasteiger partial charge is 0.497 e. The topological polar surface area (TPSA) is 65.4 Å². The molecule has 7 heteroatoms. The van der Waals surface area contributed by atoms with Crippen LogP contribution in [-0.4, -0.2) is 22.6 Å². The van der Waals surface area contributed by atoms with Crippen LogP contribution in [0.5, 0.6) is 5.75 Å². The van der Waals surface area contributed by atoms with Crippen molar-refractivity contribution in [2.45, 2.75) is 25.8 Å². The van der Waals surface area contributed by atoms with Gasteiger partial charge >= 0.3 is 0 Å². The molecule has 0 saturated carbocycles. The highest BCUT2D eigenvalue weighted by Gasteiger charge is 2.26. The summed E-state index contributed by atoms with van der Waals surface area (Å²) >= 11 is 0. The van der Waals surface area contributed by atoms with Gasteiger partial charge in [-0.25, -0.2) is 9.37 Å². The highest BCUT2D eigenvalue weighted by molar-refractivity contribution is 5.93. The number of imidazole rings is 1. The van der Waals surface area contributed by atoms with Crippen LogP contribution >= 0.6 is 0 Å². The number of ether oxygens (including phenoxy) is 2. The molecule has 1 aliphatic heterocycles. The number of benzene rings is 2. The SMILES string of the molecule is COc1ccc([C@@H]2Cn3cnc(C(=O)NCc4ccc(F)cc4)c3CO2)cc1. The summed E-state index contributed by atoms with van der Waals surface area (Å²) in [5.41, 5.74) is 2.97. The van der Waals surface area contributed by atoms with Crippen molar-refractivity contribution >= 4 is 5.91 Å². The van der Waals surface area contributed by atoms with E-state index in [1.54, 1.807) is 25.6 Å². The minimum absolute atomic E-state index is 0.109. The number of aromatic nitrogens is 2. The average molecular weight is 381 g/mol. The summed E-state index contributed by atoms with van der Waals surface area (Å²) in [6.45, 7) is 1.19. The Bertz CT molecular complexity index is 968. The van der Waals surface area contributed by atoms with Gasteiger partial charge in [0.15, 0.2) is 5.69 Å². The molecule has 6 nitrogen and oxygen atoms in total. The molecule has 2 aromatic carbocycles. The number of nitrogens with zero attached hydrogens (tertiary/aromatic N) is 2. The van der Waals surface area contributed by atoms with Gasteiger partial charge < -0.3 is 19.4 Å². The van der Waals surface area contributed by atoms with Gasteiger partial charge in [0.1, 0.15) is 17.7 Å². The first-order valence-electron chi connectivity index (χ1n) is 8.96. The molecule has 1 atom stereocenters. The van der Waals surface area contributed by atoms with Crippen LogP contribution in [0.25, 0.3) is 0 Å². The van der Waals surface area contributed by atoms with Gasteiger partial charge in [-0.1, -0.05) is 24.3 Å². The minimum Gasteiger partial charge on any atom is -0.497 e. The number of methoxy groups -OCH3 is 1. The smallest absolute Gasteiger partial charge is 0.272 e. The second kappa shape index (κ2) is 7.82. The summed E-state index contributed by atoms with van der Waals surface area (Å²) in [5, 5.41) is 2.82. The predicted octanol–water partition coefficient (Wildman–Crippen LogP) is 3.23. The first kappa shape index (κ1) is 18.2. The zero-order chi connectivity index (χ0) is 19.5. The molecule has 4 rings (SSSR count). The van der Waals surface area contributed by atoms with E-state index in [1.165, 1.54) is 12.1 Å². The molecule has 2 heterocycles. The summed E-state index contributed by atoms with van der Waals surface area (Å²) in [5.74, 6) is 0.217. The van der Waals surface area contributed by atoms with Crippen LogP contribution in [0, 0.1) is 5.82 Å². The molecule has 0 aliphatic carbocycles. The predicted molar refractivity (Wildman–Crippen MR) is 100 cm³/mol. The third kappa shape index (κ3) is 3.75. The standard InChI is InChI=1S/C21H20FN3O3/c1-27-17-8-4-15(5-9-17)19-11-25-13-24-20(18(25)12-28-19)21(26)23-10-14-2-6-16(22)7-3-14/h2-9,13,19H,10-12H2,1H3,(H,23,26)/t19-/m0/s1. The molecule has 28 heavy (non-hydrogen) atoms. The van der Waals surface area contributed by atoms with Gasteiger partial charge in [0.05, 0.1) is 32.3 Å². The average Bonchev–Trinajstić information content (AvgIpc) is 3.16. The molecule has 0 radical (unpaired) electrons. The lowest BCUT2D eigenvalue weighted by molar-refractivity contribution is 0.00255. The Morgan fingerprint density at radius 3 is 2.71 bits per heavy atom. The van der Waals surface area contributed by atoms with Crippen molar-refractivity contribution in [3.63, 3.8) is 0 Å². The fourth-order valence-corrected chi connectivity index (χ4v) is 3.21. The van der Waals surface area contributed by atoms with Crippen molar-refractivity contribution in [3.8, 4) is 5.75 Å². The van der Waals surface area contributed by atoms with Gasteiger partial charge in [0, 0.05) is 6.54 Å². The maximum absolute atomic E-state index is 13.0. The summed E-state index contributed by atoms with van der Waals surface area (Å²) in [4.78, 5) is 16.8. The van der Waals surface area contributed by atoms with Crippen LogP contribution < -0.4 is 10.1 Å². The number of fused-ring (bicyclic) bond motifs is 1. The van der Waals surface area contributed by atoms with Gasteiger partial charge in [0.2, 0.25) is 0 Å². The molecule has 0 unspecified atom stereocenters. The van der Waals surface area contributed by atoms with Crippen LogP contribution in [0.1, 0.15) is 33.4 Å². The van der Waals surface area contributed by atoms with E-state index in [9.17, 15) is 9.18 Å². The molecule has 1 aromatic heterocycles. The minimum atomic E-state index is -0.304. The van der Waals surface area contributed by atoms with Crippen molar-refractivity contribution in [3.05, 3.63) is 83.2 Å². The number of rotatable bonds is 5. The Morgan fingerprint density at radius 1 is 1.25 bits per heavy atom. The van der Waals surface area contributed by atoms with Crippen LogP contribution in [0.4, 0.5) is 4.39 Å². The fourth-order valence-electron chi connectivity index (χ4n) is 3.21. The first-order chi connectivity index (χ1) is 13.6. The lowest BCUT2D eigenvalue weighted by Gasteiger charge is -2.25. The maximum atomic E-state index is 13.0. The number of amides is 1. The van der Waals surface area contributed by atoms with Crippen LogP contribution in [0.3, 0.4) is 0 Å². The number of hydrogen-bond acceptors (Lipinski definition) is 4. The van der Waals surface area contributed by atoms with Crippen LogP contribution in [0.2, 0.25) is 0 Å². The third-order valence-electron chi connectivity index (χ3n) is 4.80. The van der Waals surface area contributed by atoms with E-state index in [1.807, 2.05) is 28.8 Å². The first-order valence-corrected chi connectivity index (χ1v) is 8.96. The van der Waals surface area contributed by atoms with Crippen molar-refractivity contribution in [2.75, 3.05) is 7.11 Å². The summed E-state index contributed by atoms with van der Waals surface area (Å²) in [6, 6.07) is 13.8. The van der Waals surface area contributed by atoms with Crippen molar-refractivity contribution in [1.82, 2.24) is 14.9 Å². The summed E-state index contributed by atoms with van der Waals surface area (Å²) in [7, 11) is 1.63. The van der Waals surface area contributed by atoms with Crippen LogP contribution in [0.15, 0.2) is 54.9 Å². The van der Waals surface area contributed by atoms with E-state index in [0.29, 0.717) is 25.4 Å². The molecule has 0 spiro atoms. The van der Waals surface area contributed by atoms with Gasteiger partial charge in [-0.3, -0.25) is 4.79 Å². The van der Waals surface area contributed by atoms with Crippen molar-refractivity contribution in [2.24, 2.45) is 0 Å². The van der Waals surface area contributed by atoms with Gasteiger partial charge in [-0.05, 0) is 35.4 Å². The van der Waals surface area contributed by atoms with Crippen molar-refractivity contribution in [1.29, 1.82) is 0 Å². The molecular formula is C21H20FN3O3. The second-order valence-corrected chi connectivity index (χ2v) is 6.57. The third-order valence-corrected chi connectivity index (χ3v) is 4.80. The Hall–Kier alpha value is -3.19. The molecule has 1 amide bonds. The van der Waals surface area contributed by atoms with Crippen LogP contribution in [-0.2, 0) is 24.4 Å². The summed E-state index contributed by atoms with van der Waals surface area (Å²) < 4.78 is 26.1. The molecule has 144 valence electrons. The van der Waals surface area contributed by atoms with Gasteiger partial charge in [0.25, 0.3) is 5.91 Å². The monoisotopic (exact) mass is 381 g/mol.